The van der Waals surface area contributed by atoms with Crippen LogP contribution in [-0.4, -0.2) is 74.2 Å². The summed E-state index contributed by atoms with van der Waals surface area (Å²) in [5, 5.41) is 17.0. The summed E-state index contributed by atoms with van der Waals surface area (Å²) in [5.74, 6) is 0.942. The van der Waals surface area contributed by atoms with E-state index in [2.05, 4.69) is 56.4 Å². The predicted octanol–water partition coefficient (Wildman–Crippen LogP) is -2.17. The van der Waals surface area contributed by atoms with Gasteiger partial charge in [0, 0.05) is 0 Å². The Balaban J connectivity index is 0. The fourth-order valence-corrected chi connectivity index (χ4v) is 1.41. The molecule has 14 heavy (non-hydrogen) atoms. The van der Waals surface area contributed by atoms with Crippen LogP contribution in [0.25, 0.3) is 0 Å². The van der Waals surface area contributed by atoms with Crippen molar-refractivity contribution in [3.05, 3.63) is 0 Å². The molecule has 6 N–H and O–H groups in total. The van der Waals surface area contributed by atoms with Gasteiger partial charge in [-0.3, -0.25) is 0 Å². The van der Waals surface area contributed by atoms with Crippen LogP contribution in [0.3, 0.4) is 0 Å². The van der Waals surface area contributed by atoms with Crippen LogP contribution < -0.4 is 11.5 Å². The van der Waals surface area contributed by atoms with Gasteiger partial charge in [0.05, 0.1) is 0 Å². The summed E-state index contributed by atoms with van der Waals surface area (Å²) < 4.78 is 0.241. The quantitative estimate of drug-likeness (QED) is 0.252. The van der Waals surface area contributed by atoms with E-state index < -0.39 is 0 Å². The third-order valence-electron chi connectivity index (χ3n) is 1.03. The molecule has 0 aromatic rings. The molecule has 0 aromatic heterocycles. The predicted molar refractivity (Wildman–Crippen MR) is 69.1 cm³/mol. The summed E-state index contributed by atoms with van der Waals surface area (Å²) in [7, 11) is 0. The van der Waals surface area contributed by atoms with Crippen molar-refractivity contribution in [1.82, 2.24) is 0 Å². The number of nitrogens with two attached hydrogens (primary N) is 2. The molecular weight excluding hydrogens is 354 g/mol. The molecule has 2 atom stereocenters. The maximum absolute atomic E-state index is 8.51. The SMILES string of the molecule is NC(CS)C(O)=[Se].NC(CS)C(O)=[Se]. The van der Waals surface area contributed by atoms with Gasteiger partial charge in [0.2, 0.25) is 0 Å². The second-order valence-electron chi connectivity index (χ2n) is 2.25. The molecule has 0 aliphatic carbocycles. The molecule has 4 nitrogen and oxygen atoms in total. The number of aliphatic hydroxyl groups is 2. The van der Waals surface area contributed by atoms with Crippen molar-refractivity contribution in [3.8, 4) is 0 Å². The molecule has 0 aliphatic heterocycles. The van der Waals surface area contributed by atoms with Crippen LogP contribution in [-0.2, 0) is 0 Å². The zero-order chi connectivity index (χ0) is 11.7. The van der Waals surface area contributed by atoms with Gasteiger partial charge in [0.15, 0.2) is 0 Å². The van der Waals surface area contributed by atoms with E-state index in [0.717, 1.165) is 0 Å². The molecule has 0 saturated carbocycles. The molecule has 0 saturated heterocycles. The van der Waals surface area contributed by atoms with Crippen LogP contribution >= 0.6 is 25.3 Å². The van der Waals surface area contributed by atoms with Gasteiger partial charge in [0.1, 0.15) is 0 Å². The molecular formula is C6H14N2O2S2Se2. The van der Waals surface area contributed by atoms with Crippen molar-refractivity contribution in [1.29, 1.82) is 0 Å². The second kappa shape index (κ2) is 10.5. The van der Waals surface area contributed by atoms with E-state index in [-0.39, 0.29) is 21.3 Å². The summed E-state index contributed by atoms with van der Waals surface area (Å²) in [6, 6.07) is -0.633. The minimum absolute atomic E-state index is 0.120. The summed E-state index contributed by atoms with van der Waals surface area (Å²) in [6.07, 6.45) is 0. The third-order valence-corrected chi connectivity index (χ3v) is 3.08. The first-order valence-electron chi connectivity index (χ1n) is 3.55. The molecule has 0 spiro atoms. The van der Waals surface area contributed by atoms with Crippen molar-refractivity contribution < 1.29 is 10.2 Å². The normalized spacial score (nSPS) is 13.4. The van der Waals surface area contributed by atoms with Crippen molar-refractivity contribution in [2.45, 2.75) is 12.1 Å². The van der Waals surface area contributed by atoms with E-state index in [4.69, 9.17) is 21.7 Å². The Bertz CT molecular complexity index is 175. The first-order chi connectivity index (χ1) is 6.36. The van der Waals surface area contributed by atoms with Crippen LogP contribution in [0.1, 0.15) is 0 Å². The monoisotopic (exact) mass is 370 g/mol. The van der Waals surface area contributed by atoms with E-state index >= 15 is 0 Å². The molecule has 0 heterocycles. The van der Waals surface area contributed by atoms with E-state index in [0.29, 0.717) is 11.5 Å². The molecule has 0 aromatic carbocycles. The molecule has 0 bridgehead atoms. The standard InChI is InChI=1S/2C3H7NOSSe/c2*4-2(1-6)3(5)7/h2*2,6H,1,4H2,(H,5,7). The van der Waals surface area contributed by atoms with Crippen molar-refractivity contribution in [2.24, 2.45) is 11.5 Å². The number of aliphatic hydroxyl groups excluding tert-OH is 2. The topological polar surface area (TPSA) is 92.5 Å². The fraction of sp³-hybridized carbons (Fsp3) is 0.667. The molecule has 2 unspecified atom stereocenters. The maximum atomic E-state index is 8.51. The van der Waals surface area contributed by atoms with Gasteiger partial charge >= 0.3 is 111 Å². The van der Waals surface area contributed by atoms with E-state index in [9.17, 15) is 0 Å². The molecule has 0 rings (SSSR count). The summed E-state index contributed by atoms with van der Waals surface area (Å²) >= 11 is 12.4. The number of hydrogen-bond acceptors (Lipinski definition) is 6. The van der Waals surface area contributed by atoms with Crippen LogP contribution in [0, 0.1) is 0 Å². The molecule has 0 fully saturated rings. The molecule has 84 valence electrons. The third kappa shape index (κ3) is 11.1. The van der Waals surface area contributed by atoms with Gasteiger partial charge in [-0.1, -0.05) is 0 Å². The first kappa shape index (κ1) is 17.4. The van der Waals surface area contributed by atoms with Gasteiger partial charge in [-0.15, -0.1) is 0 Å². The zero-order valence-electron chi connectivity index (χ0n) is 7.33. The average Bonchev–Trinajstić information content (AvgIpc) is 2.15. The molecule has 0 aliphatic rings. The fourth-order valence-electron chi connectivity index (χ4n) is 0.156. The number of rotatable bonds is 4. The first-order valence-corrected chi connectivity index (χ1v) is 6.53. The molecule has 8 heteroatoms. The van der Waals surface area contributed by atoms with E-state index in [1.54, 1.807) is 0 Å². The Morgan fingerprint density at radius 3 is 1.21 bits per heavy atom. The Morgan fingerprint density at radius 2 is 1.21 bits per heavy atom. The Labute approximate surface area is 110 Å². The van der Waals surface area contributed by atoms with Gasteiger partial charge in [-0.25, -0.2) is 0 Å². The summed E-state index contributed by atoms with van der Waals surface area (Å²) in [4.78, 5) is 0. The zero-order valence-corrected chi connectivity index (χ0v) is 12.5. The van der Waals surface area contributed by atoms with Gasteiger partial charge in [-0.2, -0.15) is 0 Å². The van der Waals surface area contributed by atoms with Crippen molar-refractivity contribution in [3.63, 3.8) is 0 Å². The Hall–Kier alpha value is 0.999. The van der Waals surface area contributed by atoms with Gasteiger partial charge < -0.3 is 0 Å². The van der Waals surface area contributed by atoms with Gasteiger partial charge in [-0.05, 0) is 0 Å². The van der Waals surface area contributed by atoms with Crippen LogP contribution in [0.15, 0.2) is 0 Å². The van der Waals surface area contributed by atoms with Crippen LogP contribution in [0.5, 0.6) is 0 Å². The van der Waals surface area contributed by atoms with Crippen molar-refractivity contribution >= 4 is 65.6 Å². The second-order valence-corrected chi connectivity index (χ2v) is 4.74. The summed E-state index contributed by atoms with van der Waals surface area (Å²) in [5.41, 5.74) is 10.4. The summed E-state index contributed by atoms with van der Waals surface area (Å²) in [6.45, 7) is 0. The average molecular weight is 368 g/mol. The Morgan fingerprint density at radius 1 is 1.00 bits per heavy atom. The number of thiol groups is 2. The van der Waals surface area contributed by atoms with Crippen LogP contribution in [0.2, 0.25) is 0 Å². The van der Waals surface area contributed by atoms with E-state index in [1.165, 1.54) is 0 Å². The Kier molecular flexibility index (Phi) is 13.1. The molecule has 0 amide bonds. The van der Waals surface area contributed by atoms with Crippen molar-refractivity contribution in [2.75, 3.05) is 11.5 Å². The molecule has 0 radical (unpaired) electrons. The number of hydrogen-bond donors (Lipinski definition) is 6. The van der Waals surface area contributed by atoms with Crippen LogP contribution in [0.4, 0.5) is 0 Å². The van der Waals surface area contributed by atoms with E-state index in [1.807, 2.05) is 0 Å². The van der Waals surface area contributed by atoms with Gasteiger partial charge in [0.25, 0.3) is 0 Å². The minimum atomic E-state index is -0.316.